The lowest BCUT2D eigenvalue weighted by atomic mass is 10.3. The fourth-order valence-electron chi connectivity index (χ4n) is 1.84. The number of rotatable bonds is 6. The second-order valence-electron chi connectivity index (χ2n) is 4.94. The molecule has 0 aliphatic carbocycles. The van der Waals surface area contributed by atoms with E-state index in [1.54, 1.807) is 29.6 Å². The predicted molar refractivity (Wildman–Crippen MR) is 97.1 cm³/mol. The van der Waals surface area contributed by atoms with Crippen LogP contribution in [0.1, 0.15) is 9.67 Å². The number of hydrogen-bond donors (Lipinski definition) is 2. The van der Waals surface area contributed by atoms with Gasteiger partial charge in [-0.15, -0.1) is 11.3 Å². The summed E-state index contributed by atoms with van der Waals surface area (Å²) in [4.78, 5) is 37.6. The Morgan fingerprint density at radius 1 is 1.17 bits per heavy atom. The summed E-state index contributed by atoms with van der Waals surface area (Å²) < 4.78 is 0.760. The van der Waals surface area contributed by atoms with E-state index in [1.807, 2.05) is 12.1 Å². The Bertz CT molecular complexity index is 734. The molecule has 24 heavy (non-hydrogen) atoms. The van der Waals surface area contributed by atoms with Crippen LogP contribution in [-0.2, 0) is 9.59 Å². The van der Waals surface area contributed by atoms with Crippen molar-refractivity contribution in [3.05, 3.63) is 51.1 Å². The number of carbonyl (C=O) groups excluding carboxylic acids is 3. The summed E-state index contributed by atoms with van der Waals surface area (Å²) in [7, 11) is 1.51. The molecule has 1 heterocycles. The molecule has 6 nitrogen and oxygen atoms in total. The Labute approximate surface area is 152 Å². The van der Waals surface area contributed by atoms with E-state index in [0.29, 0.717) is 10.6 Å². The van der Waals surface area contributed by atoms with Crippen LogP contribution in [0.4, 0.5) is 5.69 Å². The molecule has 0 fully saturated rings. The first-order valence-corrected chi connectivity index (χ1v) is 8.74. The number of anilines is 1. The first-order chi connectivity index (χ1) is 11.5. The molecule has 1 aromatic carbocycles. The number of halogens is 1. The third kappa shape index (κ3) is 5.17. The standard InChI is InChI=1S/C16H16BrN3O3S/c1-20(10-14(21)19-12-6-3-2-5-11(12)17)15(22)9-18-16(23)13-7-4-8-24-13/h2-8H,9-10H2,1H3,(H,18,23)(H,19,21). The van der Waals surface area contributed by atoms with Crippen molar-refractivity contribution in [1.29, 1.82) is 0 Å². The molecule has 3 amide bonds. The van der Waals surface area contributed by atoms with Crippen LogP contribution in [0.15, 0.2) is 46.3 Å². The van der Waals surface area contributed by atoms with Crippen molar-refractivity contribution < 1.29 is 14.4 Å². The molecule has 126 valence electrons. The van der Waals surface area contributed by atoms with Crippen LogP contribution >= 0.6 is 27.3 Å². The quantitative estimate of drug-likeness (QED) is 0.768. The van der Waals surface area contributed by atoms with E-state index in [1.165, 1.54) is 23.3 Å². The van der Waals surface area contributed by atoms with Crippen molar-refractivity contribution in [2.45, 2.75) is 0 Å². The SMILES string of the molecule is CN(CC(=O)Nc1ccccc1Br)C(=O)CNC(=O)c1cccs1. The molecule has 0 aliphatic heterocycles. The van der Waals surface area contributed by atoms with E-state index in [4.69, 9.17) is 0 Å². The summed E-state index contributed by atoms with van der Waals surface area (Å²) in [5, 5.41) is 7.04. The molecule has 0 atom stereocenters. The Hall–Kier alpha value is -2.19. The Morgan fingerprint density at radius 3 is 2.58 bits per heavy atom. The average Bonchev–Trinajstić information content (AvgIpc) is 3.09. The first kappa shape index (κ1) is 18.2. The normalized spacial score (nSPS) is 10.1. The van der Waals surface area contributed by atoms with Gasteiger partial charge in [-0.1, -0.05) is 18.2 Å². The van der Waals surface area contributed by atoms with Gasteiger partial charge in [0.2, 0.25) is 11.8 Å². The minimum atomic E-state index is -0.345. The van der Waals surface area contributed by atoms with Crippen LogP contribution in [0.3, 0.4) is 0 Å². The second kappa shape index (κ2) is 8.60. The van der Waals surface area contributed by atoms with E-state index in [0.717, 1.165) is 4.47 Å². The molecular weight excluding hydrogens is 394 g/mol. The summed E-state index contributed by atoms with van der Waals surface area (Å²) in [5.41, 5.74) is 0.634. The molecule has 0 spiro atoms. The van der Waals surface area contributed by atoms with Gasteiger partial charge in [-0.3, -0.25) is 14.4 Å². The molecule has 0 unspecified atom stereocenters. The second-order valence-corrected chi connectivity index (χ2v) is 6.74. The van der Waals surface area contributed by atoms with E-state index >= 15 is 0 Å². The van der Waals surface area contributed by atoms with Gasteiger partial charge in [0.15, 0.2) is 0 Å². The lowest BCUT2D eigenvalue weighted by Crippen LogP contribution is -2.41. The van der Waals surface area contributed by atoms with E-state index in [-0.39, 0.29) is 30.8 Å². The van der Waals surface area contributed by atoms with Gasteiger partial charge in [-0.2, -0.15) is 0 Å². The van der Waals surface area contributed by atoms with Crippen molar-refractivity contribution >= 4 is 50.7 Å². The lowest BCUT2D eigenvalue weighted by Gasteiger charge is -2.17. The zero-order valence-corrected chi connectivity index (χ0v) is 15.3. The monoisotopic (exact) mass is 409 g/mol. The topological polar surface area (TPSA) is 78.5 Å². The molecule has 2 aromatic rings. The van der Waals surface area contributed by atoms with Crippen LogP contribution in [0, 0.1) is 0 Å². The average molecular weight is 410 g/mol. The van der Waals surface area contributed by atoms with Crippen LogP contribution in [0.25, 0.3) is 0 Å². The molecule has 2 N–H and O–H groups in total. The zero-order chi connectivity index (χ0) is 17.5. The Kier molecular flexibility index (Phi) is 6.51. The van der Waals surface area contributed by atoms with Crippen molar-refractivity contribution in [2.24, 2.45) is 0 Å². The maximum absolute atomic E-state index is 12.0. The number of nitrogens with zero attached hydrogens (tertiary/aromatic N) is 1. The Balaban J connectivity index is 1.79. The number of hydrogen-bond acceptors (Lipinski definition) is 4. The van der Waals surface area contributed by atoms with Gasteiger partial charge in [-0.25, -0.2) is 0 Å². The van der Waals surface area contributed by atoms with E-state index in [2.05, 4.69) is 26.6 Å². The molecule has 0 radical (unpaired) electrons. The maximum Gasteiger partial charge on any atom is 0.261 e. The van der Waals surface area contributed by atoms with Crippen LogP contribution in [0.5, 0.6) is 0 Å². The van der Waals surface area contributed by atoms with Crippen LogP contribution in [0.2, 0.25) is 0 Å². The zero-order valence-electron chi connectivity index (χ0n) is 12.9. The van der Waals surface area contributed by atoms with Crippen LogP contribution in [-0.4, -0.2) is 42.8 Å². The fourth-order valence-corrected chi connectivity index (χ4v) is 2.87. The summed E-state index contributed by atoms with van der Waals surface area (Å²) in [6.45, 7) is -0.259. The summed E-state index contributed by atoms with van der Waals surface area (Å²) >= 11 is 4.64. The summed E-state index contributed by atoms with van der Waals surface area (Å²) in [6.07, 6.45) is 0. The van der Waals surface area contributed by atoms with E-state index in [9.17, 15) is 14.4 Å². The molecule has 2 rings (SSSR count). The largest absolute Gasteiger partial charge is 0.342 e. The van der Waals surface area contributed by atoms with Crippen LogP contribution < -0.4 is 10.6 Å². The number of amides is 3. The minimum absolute atomic E-state index is 0.102. The minimum Gasteiger partial charge on any atom is -0.342 e. The van der Waals surface area contributed by atoms with Gasteiger partial charge in [-0.05, 0) is 39.5 Å². The van der Waals surface area contributed by atoms with Crippen molar-refractivity contribution in [3.8, 4) is 0 Å². The number of nitrogens with one attached hydrogen (secondary N) is 2. The third-order valence-electron chi connectivity index (χ3n) is 3.10. The van der Waals surface area contributed by atoms with Crippen molar-refractivity contribution in [3.63, 3.8) is 0 Å². The highest BCUT2D eigenvalue weighted by Crippen LogP contribution is 2.20. The predicted octanol–water partition coefficient (Wildman–Crippen LogP) is 2.34. The van der Waals surface area contributed by atoms with Gasteiger partial charge in [0.05, 0.1) is 23.7 Å². The molecule has 1 aromatic heterocycles. The van der Waals surface area contributed by atoms with Crippen molar-refractivity contribution in [2.75, 3.05) is 25.5 Å². The molecule has 0 bridgehead atoms. The van der Waals surface area contributed by atoms with Gasteiger partial charge in [0.25, 0.3) is 5.91 Å². The fraction of sp³-hybridized carbons (Fsp3) is 0.188. The number of benzene rings is 1. The van der Waals surface area contributed by atoms with Gasteiger partial charge < -0.3 is 15.5 Å². The van der Waals surface area contributed by atoms with Gasteiger partial charge in [0, 0.05) is 11.5 Å². The molecule has 0 saturated heterocycles. The van der Waals surface area contributed by atoms with Gasteiger partial charge in [0.1, 0.15) is 0 Å². The highest BCUT2D eigenvalue weighted by Gasteiger charge is 2.15. The third-order valence-corrected chi connectivity index (χ3v) is 4.66. The summed E-state index contributed by atoms with van der Waals surface area (Å²) in [5.74, 6) is -0.964. The molecular formula is C16H16BrN3O3S. The number of likely N-dealkylation sites (N-methyl/N-ethyl adjacent to an activating group) is 1. The Morgan fingerprint density at radius 2 is 1.92 bits per heavy atom. The number of para-hydroxylation sites is 1. The maximum atomic E-state index is 12.0. The highest BCUT2D eigenvalue weighted by molar-refractivity contribution is 9.10. The summed E-state index contributed by atoms with van der Waals surface area (Å²) in [6, 6.07) is 10.6. The first-order valence-electron chi connectivity index (χ1n) is 7.07. The highest BCUT2D eigenvalue weighted by atomic mass is 79.9. The van der Waals surface area contributed by atoms with Crippen molar-refractivity contribution in [1.82, 2.24) is 10.2 Å². The number of carbonyl (C=O) groups is 3. The molecule has 0 saturated carbocycles. The van der Waals surface area contributed by atoms with Gasteiger partial charge >= 0.3 is 0 Å². The smallest absolute Gasteiger partial charge is 0.261 e. The molecule has 8 heteroatoms. The number of thiophene rings is 1. The lowest BCUT2D eigenvalue weighted by molar-refractivity contribution is -0.132. The molecule has 0 aliphatic rings. The van der Waals surface area contributed by atoms with E-state index < -0.39 is 0 Å².